The molecule has 5 heteroatoms. The average Bonchev–Trinajstić information content (AvgIpc) is 2.49. The molecule has 0 spiro atoms. The molecule has 0 aromatic carbocycles. The van der Waals surface area contributed by atoms with E-state index in [0.29, 0.717) is 5.76 Å². The number of ketones is 1. The number of carbonyl (C=O) groups excluding carboxylic acids is 2. The van der Waals surface area contributed by atoms with Crippen molar-refractivity contribution in [2.45, 2.75) is 31.2 Å². The summed E-state index contributed by atoms with van der Waals surface area (Å²) in [5, 5.41) is 0. The molecular formula is C15H21NO4. The molecule has 3 atom stereocenters. The van der Waals surface area contributed by atoms with E-state index in [1.54, 1.807) is 13.2 Å². The zero-order valence-corrected chi connectivity index (χ0v) is 12.1. The predicted molar refractivity (Wildman–Crippen MR) is 71.9 cm³/mol. The Morgan fingerprint density at radius 3 is 2.50 bits per heavy atom. The second-order valence-corrected chi connectivity index (χ2v) is 5.85. The van der Waals surface area contributed by atoms with Gasteiger partial charge in [0.25, 0.3) is 0 Å². The molecule has 0 unspecified atom stereocenters. The summed E-state index contributed by atoms with van der Waals surface area (Å²) in [5.41, 5.74) is -0.831. The van der Waals surface area contributed by atoms with Crippen LogP contribution in [0.3, 0.4) is 0 Å². The largest absolute Gasteiger partial charge is 0.501 e. The second kappa shape index (κ2) is 4.88. The smallest absolute Gasteiger partial charge is 0.327 e. The summed E-state index contributed by atoms with van der Waals surface area (Å²) in [5.74, 6) is 0.0332. The summed E-state index contributed by atoms with van der Waals surface area (Å²) in [6.07, 6.45) is 5.21. The van der Waals surface area contributed by atoms with Gasteiger partial charge in [0.1, 0.15) is 11.3 Å². The van der Waals surface area contributed by atoms with Gasteiger partial charge in [-0.05, 0) is 38.8 Å². The molecule has 5 nitrogen and oxygen atoms in total. The van der Waals surface area contributed by atoms with Crippen molar-refractivity contribution in [2.24, 2.45) is 11.8 Å². The third kappa shape index (κ3) is 1.59. The Morgan fingerprint density at radius 2 is 1.90 bits per heavy atom. The molecule has 110 valence electrons. The van der Waals surface area contributed by atoms with E-state index in [2.05, 4.69) is 4.90 Å². The number of piperidine rings is 2. The van der Waals surface area contributed by atoms with Crippen LogP contribution in [0.15, 0.2) is 11.8 Å². The quantitative estimate of drug-likeness (QED) is 0.709. The number of carbonyl (C=O) groups is 2. The zero-order valence-electron chi connectivity index (χ0n) is 12.1. The standard InChI is InChI=1S/C15H21NO4/c1-19-13-9-12(17)10-5-3-7-16-8-4-6-11(13)15(10,16)14(18)20-2/h9-11H,3-8H2,1-2H3/t10-,11-,15+/m0/s1. The Bertz CT molecular complexity index is 470. The number of esters is 1. The summed E-state index contributed by atoms with van der Waals surface area (Å²) in [6.45, 7) is 1.71. The maximum absolute atomic E-state index is 12.6. The Morgan fingerprint density at radius 1 is 1.25 bits per heavy atom. The molecule has 0 bridgehead atoms. The first kappa shape index (κ1) is 13.6. The summed E-state index contributed by atoms with van der Waals surface area (Å²) in [6, 6.07) is 0. The molecule has 1 aliphatic carbocycles. The van der Waals surface area contributed by atoms with Crippen LogP contribution in [0.2, 0.25) is 0 Å². The van der Waals surface area contributed by atoms with Crippen molar-refractivity contribution < 1.29 is 19.1 Å². The van der Waals surface area contributed by atoms with Crippen molar-refractivity contribution in [3.05, 3.63) is 11.8 Å². The van der Waals surface area contributed by atoms with Crippen molar-refractivity contribution in [1.29, 1.82) is 0 Å². The molecule has 20 heavy (non-hydrogen) atoms. The highest BCUT2D eigenvalue weighted by atomic mass is 16.5. The van der Waals surface area contributed by atoms with Gasteiger partial charge in [-0.15, -0.1) is 0 Å². The number of ether oxygens (including phenoxy) is 2. The van der Waals surface area contributed by atoms with Gasteiger partial charge < -0.3 is 9.47 Å². The molecule has 0 radical (unpaired) electrons. The maximum atomic E-state index is 12.6. The van der Waals surface area contributed by atoms with Crippen molar-refractivity contribution >= 4 is 11.8 Å². The number of hydrogen-bond acceptors (Lipinski definition) is 5. The minimum Gasteiger partial charge on any atom is -0.501 e. The summed E-state index contributed by atoms with van der Waals surface area (Å²) in [4.78, 5) is 27.3. The normalized spacial score (nSPS) is 36.9. The number of hydrogen-bond donors (Lipinski definition) is 0. The lowest BCUT2D eigenvalue weighted by Gasteiger charge is -2.57. The molecule has 2 aliphatic heterocycles. The van der Waals surface area contributed by atoms with Gasteiger partial charge in [-0.2, -0.15) is 0 Å². The van der Waals surface area contributed by atoms with Gasteiger partial charge in [0.2, 0.25) is 0 Å². The fourth-order valence-corrected chi connectivity index (χ4v) is 4.42. The Kier molecular flexibility index (Phi) is 3.32. The highest BCUT2D eigenvalue weighted by molar-refractivity contribution is 6.00. The highest BCUT2D eigenvalue weighted by Gasteiger charge is 2.64. The van der Waals surface area contributed by atoms with Crippen LogP contribution >= 0.6 is 0 Å². The van der Waals surface area contributed by atoms with E-state index in [4.69, 9.17) is 9.47 Å². The van der Waals surface area contributed by atoms with E-state index in [9.17, 15) is 9.59 Å². The monoisotopic (exact) mass is 279 g/mol. The number of nitrogens with zero attached hydrogens (tertiary/aromatic N) is 1. The van der Waals surface area contributed by atoms with Crippen LogP contribution in [0.1, 0.15) is 25.7 Å². The van der Waals surface area contributed by atoms with Gasteiger partial charge in [-0.1, -0.05) is 0 Å². The summed E-state index contributed by atoms with van der Waals surface area (Å²) < 4.78 is 10.5. The summed E-state index contributed by atoms with van der Waals surface area (Å²) in [7, 11) is 2.99. The average molecular weight is 279 g/mol. The molecule has 0 amide bonds. The van der Waals surface area contributed by atoms with Crippen molar-refractivity contribution in [2.75, 3.05) is 27.3 Å². The van der Waals surface area contributed by atoms with Crippen molar-refractivity contribution in [3.8, 4) is 0 Å². The number of rotatable bonds is 2. The lowest BCUT2D eigenvalue weighted by atomic mass is 9.60. The van der Waals surface area contributed by atoms with E-state index in [1.165, 1.54) is 7.11 Å². The van der Waals surface area contributed by atoms with E-state index in [-0.39, 0.29) is 23.6 Å². The van der Waals surface area contributed by atoms with Gasteiger partial charge in [-0.25, -0.2) is 4.79 Å². The molecule has 0 N–H and O–H groups in total. The van der Waals surface area contributed by atoms with E-state index in [0.717, 1.165) is 38.8 Å². The third-order valence-electron chi connectivity index (χ3n) is 5.15. The zero-order chi connectivity index (χ0) is 14.3. The molecule has 3 rings (SSSR count). The first-order valence-electron chi connectivity index (χ1n) is 7.29. The molecule has 0 saturated carbocycles. The van der Waals surface area contributed by atoms with Crippen molar-refractivity contribution in [1.82, 2.24) is 4.90 Å². The van der Waals surface area contributed by atoms with Crippen LogP contribution in [0.4, 0.5) is 0 Å². The maximum Gasteiger partial charge on any atom is 0.327 e. The lowest BCUT2D eigenvalue weighted by Crippen LogP contribution is -2.71. The molecule has 2 saturated heterocycles. The fraction of sp³-hybridized carbons (Fsp3) is 0.733. The fourth-order valence-electron chi connectivity index (χ4n) is 4.42. The molecule has 0 aromatic rings. The minimum absolute atomic E-state index is 0.00935. The molecule has 2 fully saturated rings. The molecule has 2 heterocycles. The van der Waals surface area contributed by atoms with Crippen molar-refractivity contribution in [3.63, 3.8) is 0 Å². The minimum atomic E-state index is -0.831. The Balaban J connectivity index is 2.17. The van der Waals surface area contributed by atoms with Gasteiger partial charge in [0.15, 0.2) is 5.78 Å². The third-order valence-corrected chi connectivity index (χ3v) is 5.15. The predicted octanol–water partition coefficient (Wildman–Crippen LogP) is 1.13. The number of allylic oxidation sites excluding steroid dienone is 1. The van der Waals surface area contributed by atoms with Crippen LogP contribution in [0.25, 0.3) is 0 Å². The van der Waals surface area contributed by atoms with Gasteiger partial charge in [-0.3, -0.25) is 9.69 Å². The van der Waals surface area contributed by atoms with Crippen LogP contribution in [0, 0.1) is 11.8 Å². The summed E-state index contributed by atoms with van der Waals surface area (Å²) >= 11 is 0. The first-order chi connectivity index (χ1) is 9.66. The van der Waals surface area contributed by atoms with Crippen LogP contribution < -0.4 is 0 Å². The van der Waals surface area contributed by atoms with Crippen LogP contribution in [-0.2, 0) is 19.1 Å². The Hall–Kier alpha value is -1.36. The van der Waals surface area contributed by atoms with Crippen LogP contribution in [-0.4, -0.2) is 49.5 Å². The SMILES string of the molecule is COC(=O)[C@]12[C@H]3CCCN1CCC[C@H]2C(OC)=CC3=O. The topological polar surface area (TPSA) is 55.8 Å². The van der Waals surface area contributed by atoms with Gasteiger partial charge in [0.05, 0.1) is 20.1 Å². The lowest BCUT2D eigenvalue weighted by molar-refractivity contribution is -0.178. The second-order valence-electron chi connectivity index (χ2n) is 5.85. The van der Waals surface area contributed by atoms with Crippen LogP contribution in [0.5, 0.6) is 0 Å². The number of methoxy groups -OCH3 is 2. The van der Waals surface area contributed by atoms with E-state index < -0.39 is 5.54 Å². The van der Waals surface area contributed by atoms with E-state index in [1.807, 2.05) is 0 Å². The Labute approximate surface area is 118 Å². The molecular weight excluding hydrogens is 258 g/mol. The molecule has 3 aliphatic rings. The highest BCUT2D eigenvalue weighted by Crippen LogP contribution is 2.51. The molecule has 0 aromatic heterocycles. The van der Waals surface area contributed by atoms with Gasteiger partial charge in [0, 0.05) is 12.0 Å². The first-order valence-corrected chi connectivity index (χ1v) is 7.29. The van der Waals surface area contributed by atoms with E-state index >= 15 is 0 Å². The van der Waals surface area contributed by atoms with Gasteiger partial charge >= 0.3 is 5.97 Å².